The quantitative estimate of drug-likeness (QED) is 0.915. The molecule has 2 unspecified atom stereocenters. The zero-order chi connectivity index (χ0) is 16.3. The molecule has 1 fully saturated rings. The van der Waals surface area contributed by atoms with Gasteiger partial charge in [0.15, 0.2) is 6.10 Å². The van der Waals surface area contributed by atoms with Gasteiger partial charge < -0.3 is 15.0 Å². The van der Waals surface area contributed by atoms with Gasteiger partial charge in [0.05, 0.1) is 0 Å². The Bertz CT molecular complexity index is 534. The van der Waals surface area contributed by atoms with E-state index in [1.165, 1.54) is 0 Å². The van der Waals surface area contributed by atoms with Gasteiger partial charge in [0.25, 0.3) is 5.91 Å². The molecule has 0 spiro atoms. The Labute approximate surface area is 146 Å². The summed E-state index contributed by atoms with van der Waals surface area (Å²) < 4.78 is 6.04. The van der Waals surface area contributed by atoms with Crippen LogP contribution >= 0.6 is 12.4 Å². The van der Waals surface area contributed by atoms with Crippen LogP contribution in [-0.2, 0) is 4.79 Å². The second-order valence-corrected chi connectivity index (χ2v) is 6.54. The van der Waals surface area contributed by atoms with Crippen LogP contribution in [0.5, 0.6) is 5.75 Å². The zero-order valence-electron chi connectivity index (χ0n) is 14.8. The fraction of sp³-hybridized carbons (Fsp3) is 0.611. The highest BCUT2D eigenvalue weighted by Crippen LogP contribution is 2.28. The predicted octanol–water partition coefficient (Wildman–Crippen LogP) is 3.13. The van der Waals surface area contributed by atoms with E-state index in [9.17, 15) is 4.79 Å². The number of piperazine rings is 1. The largest absolute Gasteiger partial charge is 0.481 e. The van der Waals surface area contributed by atoms with Gasteiger partial charge in [0.1, 0.15) is 5.75 Å². The molecule has 23 heavy (non-hydrogen) atoms. The van der Waals surface area contributed by atoms with Crippen LogP contribution in [0, 0.1) is 6.92 Å². The van der Waals surface area contributed by atoms with Crippen LogP contribution < -0.4 is 10.1 Å². The smallest absolute Gasteiger partial charge is 0.263 e. The number of halogens is 1. The standard InChI is InChI=1S/C18H28N2O2.ClH/c1-12(2)16-7-6-13(3)10-17(16)22-15(5)18(21)20-9-8-19-11-14(20)4;/h6-7,10,12,14-15,19H,8-9,11H2,1-5H3;1H. The number of carbonyl (C=O) groups excluding carboxylic acids is 1. The van der Waals surface area contributed by atoms with Gasteiger partial charge in [-0.05, 0) is 43.9 Å². The number of benzene rings is 1. The van der Waals surface area contributed by atoms with Crippen molar-refractivity contribution in [1.29, 1.82) is 0 Å². The second kappa shape index (κ2) is 8.55. The van der Waals surface area contributed by atoms with Crippen LogP contribution in [0.1, 0.15) is 44.7 Å². The maximum Gasteiger partial charge on any atom is 0.263 e. The molecular weight excluding hydrogens is 312 g/mol. The summed E-state index contributed by atoms with van der Waals surface area (Å²) in [6, 6.07) is 6.43. The molecule has 0 radical (unpaired) electrons. The summed E-state index contributed by atoms with van der Waals surface area (Å²) in [6.45, 7) is 12.7. The topological polar surface area (TPSA) is 41.6 Å². The Hall–Kier alpha value is -1.26. The minimum absolute atomic E-state index is 0. The van der Waals surface area contributed by atoms with Crippen molar-refractivity contribution in [3.63, 3.8) is 0 Å². The molecule has 1 aliphatic rings. The minimum Gasteiger partial charge on any atom is -0.481 e. The molecule has 1 aromatic carbocycles. The van der Waals surface area contributed by atoms with E-state index in [1.807, 2.05) is 24.8 Å². The number of rotatable bonds is 4. The van der Waals surface area contributed by atoms with Gasteiger partial charge in [0.2, 0.25) is 0 Å². The Morgan fingerprint density at radius 3 is 2.65 bits per heavy atom. The van der Waals surface area contributed by atoms with E-state index in [0.717, 1.165) is 36.5 Å². The Balaban J connectivity index is 0.00000264. The van der Waals surface area contributed by atoms with Crippen LogP contribution in [0.15, 0.2) is 18.2 Å². The van der Waals surface area contributed by atoms with Crippen LogP contribution in [0.4, 0.5) is 0 Å². The van der Waals surface area contributed by atoms with Crippen LogP contribution in [0.2, 0.25) is 0 Å². The lowest BCUT2D eigenvalue weighted by molar-refractivity contribution is -0.140. The predicted molar refractivity (Wildman–Crippen MR) is 96.7 cm³/mol. The molecule has 130 valence electrons. The highest BCUT2D eigenvalue weighted by Gasteiger charge is 2.28. The van der Waals surface area contributed by atoms with Gasteiger partial charge in [0, 0.05) is 25.7 Å². The van der Waals surface area contributed by atoms with Crippen molar-refractivity contribution >= 4 is 18.3 Å². The molecule has 0 aliphatic carbocycles. The number of amides is 1. The lowest BCUT2D eigenvalue weighted by Gasteiger charge is -2.35. The van der Waals surface area contributed by atoms with Crippen molar-refractivity contribution in [3.8, 4) is 5.75 Å². The highest BCUT2D eigenvalue weighted by atomic mass is 35.5. The molecule has 2 atom stereocenters. The third-order valence-corrected chi connectivity index (χ3v) is 4.23. The molecule has 4 nitrogen and oxygen atoms in total. The normalized spacial score (nSPS) is 19.2. The van der Waals surface area contributed by atoms with Crippen molar-refractivity contribution in [2.75, 3.05) is 19.6 Å². The molecule has 1 saturated heterocycles. The lowest BCUT2D eigenvalue weighted by atomic mass is 10.0. The van der Waals surface area contributed by atoms with E-state index in [0.29, 0.717) is 5.92 Å². The molecule has 0 saturated carbocycles. The summed E-state index contributed by atoms with van der Waals surface area (Å²) in [5.41, 5.74) is 2.30. The Morgan fingerprint density at radius 1 is 1.35 bits per heavy atom. The molecule has 0 aromatic heterocycles. The van der Waals surface area contributed by atoms with E-state index in [4.69, 9.17) is 4.74 Å². The number of aryl methyl sites for hydroxylation is 1. The molecule has 1 heterocycles. The summed E-state index contributed by atoms with van der Waals surface area (Å²) in [5, 5.41) is 3.30. The number of hydrogen-bond donors (Lipinski definition) is 1. The third kappa shape index (κ3) is 4.85. The molecule has 1 aliphatic heterocycles. The minimum atomic E-state index is -0.458. The molecule has 0 bridgehead atoms. The first-order valence-corrected chi connectivity index (χ1v) is 8.18. The molecule has 5 heteroatoms. The zero-order valence-corrected chi connectivity index (χ0v) is 15.6. The van der Waals surface area contributed by atoms with Crippen LogP contribution in [0.3, 0.4) is 0 Å². The lowest BCUT2D eigenvalue weighted by Crippen LogP contribution is -2.55. The summed E-state index contributed by atoms with van der Waals surface area (Å²) in [5.74, 6) is 1.28. The average Bonchev–Trinajstić information content (AvgIpc) is 2.46. The Morgan fingerprint density at radius 2 is 2.04 bits per heavy atom. The van der Waals surface area contributed by atoms with Gasteiger partial charge in [-0.15, -0.1) is 12.4 Å². The van der Waals surface area contributed by atoms with Crippen molar-refractivity contribution in [2.24, 2.45) is 0 Å². The molecule has 1 amide bonds. The second-order valence-electron chi connectivity index (χ2n) is 6.54. The average molecular weight is 341 g/mol. The van der Waals surface area contributed by atoms with Gasteiger partial charge in [-0.3, -0.25) is 4.79 Å². The van der Waals surface area contributed by atoms with Crippen molar-refractivity contribution in [2.45, 2.75) is 52.7 Å². The van der Waals surface area contributed by atoms with Gasteiger partial charge in [-0.25, -0.2) is 0 Å². The fourth-order valence-electron chi connectivity index (χ4n) is 2.86. The van der Waals surface area contributed by atoms with E-state index in [1.54, 1.807) is 0 Å². The van der Waals surface area contributed by atoms with Crippen LogP contribution in [0.25, 0.3) is 0 Å². The van der Waals surface area contributed by atoms with E-state index >= 15 is 0 Å². The van der Waals surface area contributed by atoms with Gasteiger partial charge >= 0.3 is 0 Å². The van der Waals surface area contributed by atoms with E-state index in [2.05, 4.69) is 38.2 Å². The van der Waals surface area contributed by atoms with Crippen molar-refractivity contribution in [1.82, 2.24) is 10.2 Å². The Kier molecular flexibility index (Phi) is 7.36. The van der Waals surface area contributed by atoms with Gasteiger partial charge in [-0.1, -0.05) is 26.0 Å². The first kappa shape index (κ1) is 19.8. The van der Waals surface area contributed by atoms with E-state index < -0.39 is 6.10 Å². The first-order chi connectivity index (χ1) is 10.4. The molecule has 2 rings (SSSR count). The molecular formula is C18H29ClN2O2. The third-order valence-electron chi connectivity index (χ3n) is 4.23. The first-order valence-electron chi connectivity index (χ1n) is 8.18. The number of carbonyl (C=O) groups is 1. The van der Waals surface area contributed by atoms with Crippen LogP contribution in [-0.4, -0.2) is 42.6 Å². The van der Waals surface area contributed by atoms with Gasteiger partial charge in [-0.2, -0.15) is 0 Å². The van der Waals surface area contributed by atoms with Crippen molar-refractivity contribution < 1.29 is 9.53 Å². The number of ether oxygens (including phenoxy) is 1. The summed E-state index contributed by atoms with van der Waals surface area (Å²) >= 11 is 0. The summed E-state index contributed by atoms with van der Waals surface area (Å²) in [6.07, 6.45) is -0.458. The number of hydrogen-bond acceptors (Lipinski definition) is 3. The number of nitrogens with zero attached hydrogens (tertiary/aromatic N) is 1. The SMILES string of the molecule is Cc1ccc(C(C)C)c(OC(C)C(=O)N2CCNCC2C)c1.Cl. The maximum absolute atomic E-state index is 12.7. The highest BCUT2D eigenvalue weighted by molar-refractivity contribution is 5.85. The monoisotopic (exact) mass is 340 g/mol. The van der Waals surface area contributed by atoms with E-state index in [-0.39, 0.29) is 24.4 Å². The summed E-state index contributed by atoms with van der Waals surface area (Å²) in [4.78, 5) is 14.6. The maximum atomic E-state index is 12.7. The number of nitrogens with one attached hydrogen (secondary N) is 1. The summed E-state index contributed by atoms with van der Waals surface area (Å²) in [7, 11) is 0. The fourth-order valence-corrected chi connectivity index (χ4v) is 2.86. The molecule has 1 aromatic rings. The van der Waals surface area contributed by atoms with Crippen molar-refractivity contribution in [3.05, 3.63) is 29.3 Å². The molecule has 1 N–H and O–H groups in total.